The van der Waals surface area contributed by atoms with E-state index in [2.05, 4.69) is 25.6 Å². The highest BCUT2D eigenvalue weighted by atomic mass is 16.4. The fourth-order valence-electron chi connectivity index (χ4n) is 3.49. The maximum absolute atomic E-state index is 12.2. The van der Waals surface area contributed by atoms with Crippen LogP contribution in [0.25, 0.3) is 0 Å². The molecule has 208 valence electrons. The second kappa shape index (κ2) is 11.9. The zero-order valence-electron chi connectivity index (χ0n) is 21.5. The number of nitrogens with one attached hydrogen (secondary N) is 4. The Bertz CT molecular complexity index is 1680. The first kappa shape index (κ1) is 27.6. The number of furan rings is 2. The van der Waals surface area contributed by atoms with E-state index in [9.17, 15) is 28.8 Å². The Labute approximate surface area is 224 Å². The molecular weight excluding hydrogens is 526 g/mol. The van der Waals surface area contributed by atoms with Crippen LogP contribution in [-0.2, 0) is 22.7 Å². The van der Waals surface area contributed by atoms with Gasteiger partial charge in [-0.1, -0.05) is 0 Å². The Hall–Kier alpha value is -5.47. The van der Waals surface area contributed by atoms with Gasteiger partial charge in [0.25, 0.3) is 11.1 Å². The first-order valence-electron chi connectivity index (χ1n) is 12.0. The summed E-state index contributed by atoms with van der Waals surface area (Å²) in [7, 11) is 0. The number of aliphatic imine (C=N–C) groups is 1. The van der Waals surface area contributed by atoms with Crippen LogP contribution in [0.5, 0.6) is 0 Å². The van der Waals surface area contributed by atoms with Crippen molar-refractivity contribution in [1.82, 2.24) is 19.1 Å². The third-order valence-electron chi connectivity index (χ3n) is 5.60. The second-order valence-corrected chi connectivity index (χ2v) is 8.72. The summed E-state index contributed by atoms with van der Waals surface area (Å²) in [6.07, 6.45) is 4.06. The van der Waals surface area contributed by atoms with E-state index in [0.29, 0.717) is 16.9 Å². The summed E-state index contributed by atoms with van der Waals surface area (Å²) >= 11 is 0. The number of H-pyrrole nitrogens is 2. The molecule has 4 aromatic rings. The molecule has 0 aliphatic carbocycles. The van der Waals surface area contributed by atoms with Crippen molar-refractivity contribution < 1.29 is 18.4 Å². The molecule has 4 heterocycles. The van der Waals surface area contributed by atoms with Gasteiger partial charge in [0, 0.05) is 67.7 Å². The zero-order valence-corrected chi connectivity index (χ0v) is 21.5. The monoisotopic (exact) mass is 551 g/mol. The first-order valence-corrected chi connectivity index (χ1v) is 12.0. The van der Waals surface area contributed by atoms with E-state index in [1.165, 1.54) is 45.9 Å². The van der Waals surface area contributed by atoms with Crippen LogP contribution >= 0.6 is 0 Å². The van der Waals surface area contributed by atoms with Gasteiger partial charge in [0.05, 0.1) is 6.21 Å². The van der Waals surface area contributed by atoms with Crippen molar-refractivity contribution in [3.63, 3.8) is 0 Å². The predicted octanol–water partition coefficient (Wildman–Crippen LogP) is 0.998. The van der Waals surface area contributed by atoms with Gasteiger partial charge in [0.15, 0.2) is 5.88 Å². The van der Waals surface area contributed by atoms with Crippen LogP contribution in [0.2, 0.25) is 0 Å². The summed E-state index contributed by atoms with van der Waals surface area (Å²) in [5.41, 5.74) is -1.43. The third-order valence-corrected chi connectivity index (χ3v) is 5.60. The molecule has 4 N–H and O–H groups in total. The van der Waals surface area contributed by atoms with Crippen molar-refractivity contribution in [2.24, 2.45) is 4.99 Å². The topological polar surface area (TPSA) is 207 Å². The Kier molecular flexibility index (Phi) is 8.22. The number of anilines is 2. The molecule has 0 spiro atoms. The average Bonchev–Trinajstić information content (AvgIpc) is 3.54. The summed E-state index contributed by atoms with van der Waals surface area (Å²) in [5, 5.41) is 5.13. The number of rotatable bonds is 10. The highest BCUT2D eigenvalue weighted by molar-refractivity contribution is 5.90. The Morgan fingerprint density at radius 2 is 1.30 bits per heavy atom. The van der Waals surface area contributed by atoms with Crippen molar-refractivity contribution in [2.75, 3.05) is 10.6 Å². The van der Waals surface area contributed by atoms with Crippen molar-refractivity contribution in [3.8, 4) is 0 Å². The maximum atomic E-state index is 12.2. The molecule has 0 radical (unpaired) electrons. The lowest BCUT2D eigenvalue weighted by molar-refractivity contribution is -0.117. The molecule has 0 bridgehead atoms. The average molecular weight is 552 g/mol. The Morgan fingerprint density at radius 1 is 0.800 bits per heavy atom. The van der Waals surface area contributed by atoms with Gasteiger partial charge in [0.1, 0.15) is 5.76 Å². The van der Waals surface area contributed by atoms with Gasteiger partial charge in [0.2, 0.25) is 23.6 Å². The zero-order chi connectivity index (χ0) is 28.8. The van der Waals surface area contributed by atoms with Gasteiger partial charge in [-0.05, 0) is 19.9 Å². The van der Waals surface area contributed by atoms with E-state index in [-0.39, 0.29) is 43.6 Å². The molecule has 15 nitrogen and oxygen atoms in total. The molecule has 0 unspecified atom stereocenters. The lowest BCUT2D eigenvalue weighted by Crippen LogP contribution is -2.31. The van der Waals surface area contributed by atoms with Gasteiger partial charge >= 0.3 is 11.4 Å². The largest absolute Gasteiger partial charge is 0.439 e. The highest BCUT2D eigenvalue weighted by Crippen LogP contribution is 2.21. The Morgan fingerprint density at radius 3 is 1.85 bits per heavy atom. The van der Waals surface area contributed by atoms with E-state index in [1.807, 2.05) is 0 Å². The minimum atomic E-state index is -0.601. The molecule has 15 heteroatoms. The normalized spacial score (nSPS) is 11.2. The molecule has 2 amide bonds. The van der Waals surface area contributed by atoms with E-state index in [1.54, 1.807) is 19.9 Å². The molecule has 0 atom stereocenters. The van der Waals surface area contributed by atoms with E-state index in [4.69, 9.17) is 8.83 Å². The van der Waals surface area contributed by atoms with Gasteiger partial charge in [-0.15, -0.1) is 0 Å². The molecular formula is C25H25N7O8. The molecule has 0 aliphatic heterocycles. The molecule has 0 saturated heterocycles. The molecule has 0 aliphatic rings. The number of aromatic amines is 2. The minimum Gasteiger partial charge on any atom is -0.439 e. The summed E-state index contributed by atoms with van der Waals surface area (Å²) in [6, 6.07) is 6.12. The van der Waals surface area contributed by atoms with Crippen LogP contribution in [0.4, 0.5) is 17.7 Å². The number of nitrogens with zero attached hydrogens (tertiary/aromatic N) is 3. The minimum absolute atomic E-state index is 0.0301. The number of hydrogen-bond donors (Lipinski definition) is 4. The number of carbonyl (C=O) groups is 2. The highest BCUT2D eigenvalue weighted by Gasteiger charge is 2.10. The standard InChI is InChI=1S/C25H25N7O8/c1-14-12-31(24(37)29-22(14)35)9-7-17(33)27-20-4-3-16(39-20)11-26-19-5-6-21(40-19)28-18(34)8-10-32-13-15(2)23(36)30-25(32)38/h3-6,11-13H,7-10H2,1-2H3,(H,27,33)(H,28,34)(H,29,35,37)(H,30,36,38). The van der Waals surface area contributed by atoms with Crippen molar-refractivity contribution in [2.45, 2.75) is 39.8 Å². The molecule has 4 aromatic heterocycles. The summed E-state index contributed by atoms with van der Waals surface area (Å²) in [5.74, 6) is -0.0158. The van der Waals surface area contributed by atoms with E-state index < -0.39 is 34.3 Å². The number of aryl methyl sites for hydroxylation is 4. The van der Waals surface area contributed by atoms with Gasteiger partial charge in [-0.3, -0.25) is 48.9 Å². The third kappa shape index (κ3) is 7.09. The fourth-order valence-corrected chi connectivity index (χ4v) is 3.49. The second-order valence-electron chi connectivity index (χ2n) is 8.72. The van der Waals surface area contributed by atoms with Crippen LogP contribution in [0.1, 0.15) is 29.7 Å². The van der Waals surface area contributed by atoms with Crippen LogP contribution in [0, 0.1) is 13.8 Å². The number of carbonyl (C=O) groups excluding carboxylic acids is 2. The van der Waals surface area contributed by atoms with Crippen molar-refractivity contribution in [1.29, 1.82) is 0 Å². The summed E-state index contributed by atoms with van der Waals surface area (Å²) in [6.45, 7) is 3.25. The van der Waals surface area contributed by atoms with Crippen LogP contribution in [-0.4, -0.2) is 37.1 Å². The maximum Gasteiger partial charge on any atom is 0.328 e. The van der Waals surface area contributed by atoms with Crippen LogP contribution < -0.4 is 33.1 Å². The van der Waals surface area contributed by atoms with Crippen molar-refractivity contribution >= 4 is 35.7 Å². The lowest BCUT2D eigenvalue weighted by atomic mass is 10.3. The van der Waals surface area contributed by atoms with Crippen LogP contribution in [0.3, 0.4) is 0 Å². The lowest BCUT2D eigenvalue weighted by Gasteiger charge is -2.05. The smallest absolute Gasteiger partial charge is 0.328 e. The quantitative estimate of drug-likeness (QED) is 0.209. The van der Waals surface area contributed by atoms with E-state index in [0.717, 1.165) is 0 Å². The molecule has 0 saturated carbocycles. The first-order chi connectivity index (χ1) is 19.1. The molecule has 4 rings (SSSR count). The molecule has 0 aromatic carbocycles. The van der Waals surface area contributed by atoms with Gasteiger partial charge in [-0.2, -0.15) is 0 Å². The predicted molar refractivity (Wildman–Crippen MR) is 143 cm³/mol. The van der Waals surface area contributed by atoms with Gasteiger partial charge in [-0.25, -0.2) is 14.6 Å². The molecule has 0 fully saturated rings. The van der Waals surface area contributed by atoms with Crippen LogP contribution in [0.15, 0.2) is 69.7 Å². The van der Waals surface area contributed by atoms with E-state index >= 15 is 0 Å². The molecule has 40 heavy (non-hydrogen) atoms. The van der Waals surface area contributed by atoms with Crippen molar-refractivity contribution in [3.05, 3.63) is 95.2 Å². The summed E-state index contributed by atoms with van der Waals surface area (Å²) < 4.78 is 13.4. The SMILES string of the molecule is Cc1cn(CCC(=O)Nc2ccc(C=Nc3ccc(NC(=O)CCn4cc(C)c(=O)[nH]c4=O)o3)o2)c(=O)[nH]c1=O. The number of aromatic nitrogens is 4. The fraction of sp³-hybridized carbons (Fsp3) is 0.240. The summed E-state index contributed by atoms with van der Waals surface area (Å²) in [4.78, 5) is 79.4. The number of amides is 2. The van der Waals surface area contributed by atoms with Gasteiger partial charge < -0.3 is 8.83 Å². The Balaban J connectivity index is 1.26. The number of hydrogen-bond acceptors (Lipinski definition) is 9.